The zero-order valence-corrected chi connectivity index (χ0v) is 11.3. The quantitative estimate of drug-likeness (QED) is 0.661. The molecule has 0 saturated heterocycles. The molecule has 7 heteroatoms. The molecule has 0 bridgehead atoms. The Morgan fingerprint density at radius 1 is 1.35 bits per heavy atom. The fraction of sp³-hybridized carbons (Fsp3) is 0.300. The van der Waals surface area contributed by atoms with Crippen molar-refractivity contribution in [3.05, 3.63) is 29.8 Å². The van der Waals surface area contributed by atoms with Crippen LogP contribution < -0.4 is 5.73 Å². The van der Waals surface area contributed by atoms with Crippen molar-refractivity contribution in [1.82, 2.24) is 0 Å². The Labute approximate surface area is 112 Å². The Bertz CT molecular complexity index is 330. The van der Waals surface area contributed by atoms with E-state index in [-0.39, 0.29) is 6.42 Å². The van der Waals surface area contributed by atoms with Crippen molar-refractivity contribution >= 4 is 42.6 Å². The van der Waals surface area contributed by atoms with Crippen LogP contribution in [-0.2, 0) is 20.8 Å². The van der Waals surface area contributed by atoms with Gasteiger partial charge < -0.3 is 15.4 Å². The molecule has 0 aliphatic heterocycles. The number of nitrogens with two attached hydrogens (primary N) is 1. The highest BCUT2D eigenvalue weighted by molar-refractivity contribution is 8.31. The van der Waals surface area contributed by atoms with E-state index in [1.165, 1.54) is 0 Å². The summed E-state index contributed by atoms with van der Waals surface area (Å²) in [7, 11) is 7.36. The minimum absolute atomic E-state index is 0.227. The fourth-order valence-corrected chi connectivity index (χ4v) is 1.13. The van der Waals surface area contributed by atoms with Gasteiger partial charge in [-0.15, -0.1) is 0 Å². The summed E-state index contributed by atoms with van der Waals surface area (Å²) in [6.45, 7) is 0. The van der Waals surface area contributed by atoms with Crippen molar-refractivity contribution in [2.45, 2.75) is 19.3 Å². The van der Waals surface area contributed by atoms with Crippen LogP contribution in [-0.4, -0.2) is 15.6 Å². The summed E-state index contributed by atoms with van der Waals surface area (Å²) >= 11 is 0. The lowest BCUT2D eigenvalue weighted by Crippen LogP contribution is -1.96. The summed E-state index contributed by atoms with van der Waals surface area (Å²) in [6.07, 6.45) is 1.70. The molecule has 3 N–H and O–H groups in total. The molecular weight excluding hydrogens is 285 g/mol. The molecule has 0 saturated carbocycles. The number of carbonyl (C=O) groups is 1. The predicted molar refractivity (Wildman–Crippen MR) is 71.3 cm³/mol. The highest BCUT2D eigenvalue weighted by Gasteiger charge is 1.97. The first-order valence-electron chi connectivity index (χ1n) is 4.72. The van der Waals surface area contributed by atoms with Crippen LogP contribution in [0, 0.1) is 0 Å². The molecule has 0 amide bonds. The second-order valence-corrected chi connectivity index (χ2v) is 5.70. The maximum absolute atomic E-state index is 10.2. The number of anilines is 1. The Hall–Kier alpha value is -0.620. The molecule has 17 heavy (non-hydrogen) atoms. The van der Waals surface area contributed by atoms with Crippen molar-refractivity contribution in [1.29, 1.82) is 0 Å². The zero-order chi connectivity index (χ0) is 13.3. The number of carboxylic acid groups (broad SMARTS) is 1. The lowest BCUT2D eigenvalue weighted by molar-refractivity contribution is -0.137. The fourth-order valence-electron chi connectivity index (χ4n) is 1.13. The number of hydrogen-bond acceptors (Lipinski definition) is 3. The van der Waals surface area contributed by atoms with E-state index < -0.39 is 15.6 Å². The number of benzene rings is 1. The van der Waals surface area contributed by atoms with Gasteiger partial charge in [0.15, 0.2) is 31.0 Å². The maximum Gasteiger partial charge on any atom is 0.303 e. The molecule has 1 aromatic rings. The van der Waals surface area contributed by atoms with Crippen LogP contribution in [0.4, 0.5) is 5.69 Å². The van der Waals surface area contributed by atoms with Gasteiger partial charge in [-0.1, -0.05) is 12.1 Å². The van der Waals surface area contributed by atoms with Crippen molar-refractivity contribution in [2.24, 2.45) is 0 Å². The van der Waals surface area contributed by atoms with Gasteiger partial charge in [0.25, 0.3) is 0 Å². The molecule has 0 fully saturated rings. The lowest BCUT2D eigenvalue weighted by atomic mass is 10.1. The Kier molecular flexibility index (Phi) is 9.07. The predicted octanol–water partition coefficient (Wildman–Crippen LogP) is 2.72. The third kappa shape index (κ3) is 11.6. The minimum Gasteiger partial charge on any atom is -0.582 e. The van der Waals surface area contributed by atoms with E-state index in [2.05, 4.69) is 21.4 Å². The molecule has 96 valence electrons. The number of halogens is 2. The van der Waals surface area contributed by atoms with E-state index in [1.54, 1.807) is 0 Å². The van der Waals surface area contributed by atoms with Crippen molar-refractivity contribution < 1.29 is 14.5 Å². The monoisotopic (exact) mass is 297 g/mol. The Morgan fingerprint density at radius 3 is 2.24 bits per heavy atom. The molecule has 0 aromatic heterocycles. The van der Waals surface area contributed by atoms with Gasteiger partial charge in [0.05, 0.1) is 0 Å². The second-order valence-electron chi connectivity index (χ2n) is 3.17. The first-order valence-corrected chi connectivity index (χ1v) is 7.52. The van der Waals surface area contributed by atoms with E-state index >= 15 is 0 Å². The van der Waals surface area contributed by atoms with E-state index in [1.807, 2.05) is 24.3 Å². The topological polar surface area (TPSA) is 86.4 Å². The van der Waals surface area contributed by atoms with Gasteiger partial charge in [-0.3, -0.25) is 4.79 Å². The van der Waals surface area contributed by atoms with Gasteiger partial charge in [-0.05, 0) is 30.5 Å². The zero-order valence-electron chi connectivity index (χ0n) is 8.94. The molecular formula is C10H13Cl2NO3S. The van der Waals surface area contributed by atoms with Crippen molar-refractivity contribution in [3.63, 3.8) is 0 Å². The molecule has 0 atom stereocenters. The van der Waals surface area contributed by atoms with Gasteiger partial charge in [0.2, 0.25) is 0 Å². The van der Waals surface area contributed by atoms with Crippen molar-refractivity contribution in [3.8, 4) is 0 Å². The summed E-state index contributed by atoms with van der Waals surface area (Å²) in [5, 5.41) is 8.42. The normalized spacial score (nSPS) is 9.65. The summed E-state index contributed by atoms with van der Waals surface area (Å²) in [4.78, 5) is 10.2. The third-order valence-electron chi connectivity index (χ3n) is 1.84. The van der Waals surface area contributed by atoms with Crippen LogP contribution in [0.25, 0.3) is 0 Å². The van der Waals surface area contributed by atoms with Crippen molar-refractivity contribution in [2.75, 3.05) is 5.73 Å². The summed E-state index contributed by atoms with van der Waals surface area (Å²) in [5.74, 6) is -0.740. The van der Waals surface area contributed by atoms with Gasteiger partial charge >= 0.3 is 5.97 Å². The summed E-state index contributed by atoms with van der Waals surface area (Å²) in [6, 6.07) is 7.51. The largest absolute Gasteiger partial charge is 0.582 e. The number of carboxylic acids is 1. The van der Waals surface area contributed by atoms with Gasteiger partial charge in [-0.2, -0.15) is 0 Å². The molecule has 0 unspecified atom stereocenters. The first kappa shape index (κ1) is 16.4. The van der Waals surface area contributed by atoms with Gasteiger partial charge in [-0.25, -0.2) is 0 Å². The summed E-state index contributed by atoms with van der Waals surface area (Å²) in [5.41, 5.74) is 7.38. The van der Waals surface area contributed by atoms with Crippen LogP contribution in [0.5, 0.6) is 0 Å². The lowest BCUT2D eigenvalue weighted by Gasteiger charge is -1.99. The third-order valence-corrected chi connectivity index (χ3v) is 1.84. The molecule has 0 heterocycles. The molecule has 0 radical (unpaired) electrons. The highest BCUT2D eigenvalue weighted by Crippen LogP contribution is 2.08. The van der Waals surface area contributed by atoms with Crippen LogP contribution in [0.3, 0.4) is 0 Å². The van der Waals surface area contributed by atoms with E-state index in [4.69, 9.17) is 15.4 Å². The maximum atomic E-state index is 10.2. The number of nitrogen functional groups attached to an aromatic ring is 1. The van der Waals surface area contributed by atoms with E-state index in [9.17, 15) is 4.79 Å². The van der Waals surface area contributed by atoms with Crippen LogP contribution in [0.15, 0.2) is 24.3 Å². The van der Waals surface area contributed by atoms with Crippen LogP contribution >= 0.6 is 21.4 Å². The smallest absolute Gasteiger partial charge is 0.303 e. The molecule has 1 aromatic carbocycles. The van der Waals surface area contributed by atoms with Crippen LogP contribution in [0.1, 0.15) is 18.4 Å². The number of hydrogen-bond donors (Lipinski definition) is 2. The average Bonchev–Trinajstić information content (AvgIpc) is 2.19. The summed E-state index contributed by atoms with van der Waals surface area (Å²) < 4.78 is 9.09. The molecule has 0 spiro atoms. The van der Waals surface area contributed by atoms with E-state index in [0.717, 1.165) is 17.7 Å². The number of aliphatic carboxylic acids is 1. The molecule has 1 rings (SSSR count). The molecule has 0 aliphatic rings. The standard InChI is InChI=1S/C10H13NO2.Cl2OS/c11-9-6-4-8(5-7-9)2-1-3-10(12)13;1-4(2)3/h4-7H,1-3,11H2,(H,12,13);. The number of rotatable bonds is 4. The first-order chi connectivity index (χ1) is 7.91. The Morgan fingerprint density at radius 2 is 1.82 bits per heavy atom. The number of aryl methyl sites for hydroxylation is 1. The van der Waals surface area contributed by atoms with Gasteiger partial charge in [0.1, 0.15) is 0 Å². The molecule has 0 aliphatic carbocycles. The van der Waals surface area contributed by atoms with E-state index in [0.29, 0.717) is 6.42 Å². The highest BCUT2D eigenvalue weighted by atomic mass is 36.0. The SMILES string of the molecule is Nc1ccc(CCCC(=O)O)cc1.[O-][S+](Cl)Cl. The van der Waals surface area contributed by atoms with Crippen LogP contribution in [0.2, 0.25) is 0 Å². The van der Waals surface area contributed by atoms with Gasteiger partial charge in [0, 0.05) is 12.1 Å². The molecule has 4 nitrogen and oxygen atoms in total. The second kappa shape index (κ2) is 9.41. The minimum atomic E-state index is -1.67. The average molecular weight is 298 g/mol. The Balaban J connectivity index is 0.000000557.